The average Bonchev–Trinajstić information content (AvgIpc) is 2.94. The molecule has 0 unspecified atom stereocenters. The molecule has 0 aliphatic carbocycles. The number of aromatic nitrogens is 3. The number of nitrogens with one attached hydrogen (secondary N) is 1. The maximum Gasteiger partial charge on any atom is 0.237 e. The molecule has 3 aromatic rings. The highest BCUT2D eigenvalue weighted by Crippen LogP contribution is 2.21. The van der Waals surface area contributed by atoms with Crippen molar-refractivity contribution in [2.45, 2.75) is 5.16 Å². The van der Waals surface area contributed by atoms with E-state index in [9.17, 15) is 4.79 Å². The van der Waals surface area contributed by atoms with Crippen LogP contribution in [0.4, 0.5) is 5.69 Å². The molecule has 0 saturated carbocycles. The molecular weight excluding hydrogens is 320 g/mol. The molecule has 1 aromatic carbocycles. The Morgan fingerprint density at radius 2 is 2.14 bits per heavy atom. The summed E-state index contributed by atoms with van der Waals surface area (Å²) in [7, 11) is 1.76. The van der Waals surface area contributed by atoms with Gasteiger partial charge in [-0.15, -0.1) is 0 Å². The Balaban J connectivity index is 1.67. The molecule has 0 aliphatic rings. The second kappa shape index (κ2) is 6.37. The van der Waals surface area contributed by atoms with Crippen molar-refractivity contribution in [3.8, 4) is 0 Å². The number of rotatable bonds is 4. The number of H-pyrrole nitrogens is 1. The lowest BCUT2D eigenvalue weighted by Gasteiger charge is -2.16. The number of benzene rings is 1. The molecule has 0 aliphatic heterocycles. The molecule has 7 heteroatoms. The summed E-state index contributed by atoms with van der Waals surface area (Å²) in [4.78, 5) is 25.4. The second-order valence-electron chi connectivity index (χ2n) is 4.64. The van der Waals surface area contributed by atoms with E-state index in [4.69, 9.17) is 11.6 Å². The van der Waals surface area contributed by atoms with Crippen LogP contribution in [0.15, 0.2) is 47.8 Å². The summed E-state index contributed by atoms with van der Waals surface area (Å²) in [5.41, 5.74) is 2.22. The van der Waals surface area contributed by atoms with Gasteiger partial charge in [0.25, 0.3) is 0 Å². The van der Waals surface area contributed by atoms with Crippen molar-refractivity contribution in [2.75, 3.05) is 17.7 Å². The second-order valence-corrected chi connectivity index (χ2v) is 6.04. The van der Waals surface area contributed by atoms with E-state index in [1.54, 1.807) is 24.2 Å². The SMILES string of the molecule is CN(C(=O)CSc1nc2ncc(Cl)cc2[nH]1)c1ccccc1. The summed E-state index contributed by atoms with van der Waals surface area (Å²) >= 11 is 7.23. The molecule has 0 saturated heterocycles. The molecule has 0 spiro atoms. The minimum Gasteiger partial charge on any atom is -0.331 e. The predicted octanol–water partition coefficient (Wildman–Crippen LogP) is 3.37. The zero-order valence-corrected chi connectivity index (χ0v) is 13.4. The van der Waals surface area contributed by atoms with Gasteiger partial charge in [0.15, 0.2) is 10.8 Å². The van der Waals surface area contributed by atoms with E-state index < -0.39 is 0 Å². The summed E-state index contributed by atoms with van der Waals surface area (Å²) < 4.78 is 0. The molecule has 22 heavy (non-hydrogen) atoms. The Kier molecular flexibility index (Phi) is 4.31. The molecule has 3 rings (SSSR count). The van der Waals surface area contributed by atoms with Crippen molar-refractivity contribution in [3.05, 3.63) is 47.6 Å². The van der Waals surface area contributed by atoms with Crippen LogP contribution in [0, 0.1) is 0 Å². The first-order valence-corrected chi connectivity index (χ1v) is 7.95. The lowest BCUT2D eigenvalue weighted by molar-refractivity contribution is -0.115. The van der Waals surface area contributed by atoms with Crippen LogP contribution >= 0.6 is 23.4 Å². The fourth-order valence-corrected chi connectivity index (χ4v) is 2.89. The van der Waals surface area contributed by atoms with Crippen LogP contribution in [0.1, 0.15) is 0 Å². The predicted molar refractivity (Wildman–Crippen MR) is 89.5 cm³/mol. The third-order valence-corrected chi connectivity index (χ3v) is 4.20. The molecule has 0 fully saturated rings. The third kappa shape index (κ3) is 3.23. The number of thioether (sulfide) groups is 1. The fraction of sp³-hybridized carbons (Fsp3) is 0.133. The molecule has 5 nitrogen and oxygen atoms in total. The summed E-state index contributed by atoms with van der Waals surface area (Å²) in [6.45, 7) is 0. The third-order valence-electron chi connectivity index (χ3n) is 3.13. The van der Waals surface area contributed by atoms with Crippen molar-refractivity contribution >= 4 is 46.1 Å². The number of aromatic amines is 1. The van der Waals surface area contributed by atoms with Crippen LogP contribution in [0.2, 0.25) is 5.02 Å². The molecule has 2 heterocycles. The van der Waals surface area contributed by atoms with Crippen LogP contribution in [-0.2, 0) is 4.79 Å². The number of para-hydroxylation sites is 1. The fourth-order valence-electron chi connectivity index (χ4n) is 1.94. The molecular formula is C15H13ClN4OS. The van der Waals surface area contributed by atoms with Gasteiger partial charge in [-0.2, -0.15) is 0 Å². The van der Waals surface area contributed by atoms with E-state index >= 15 is 0 Å². The van der Waals surface area contributed by atoms with Gasteiger partial charge in [-0.05, 0) is 18.2 Å². The Morgan fingerprint density at radius 3 is 2.91 bits per heavy atom. The normalized spacial score (nSPS) is 10.8. The molecule has 0 atom stereocenters. The number of anilines is 1. The van der Waals surface area contributed by atoms with Crippen molar-refractivity contribution in [3.63, 3.8) is 0 Å². The quantitative estimate of drug-likeness (QED) is 0.744. The Labute approximate surface area is 136 Å². The molecule has 0 radical (unpaired) electrons. The van der Waals surface area contributed by atoms with Crippen molar-refractivity contribution in [2.24, 2.45) is 0 Å². The van der Waals surface area contributed by atoms with Crippen LogP contribution in [0.5, 0.6) is 0 Å². The first-order chi connectivity index (χ1) is 10.6. The maximum absolute atomic E-state index is 12.2. The highest BCUT2D eigenvalue weighted by Gasteiger charge is 2.13. The molecule has 2 aromatic heterocycles. The molecule has 0 bridgehead atoms. The van der Waals surface area contributed by atoms with Crippen LogP contribution in [0.3, 0.4) is 0 Å². The zero-order valence-electron chi connectivity index (χ0n) is 11.8. The number of pyridine rings is 1. The number of carbonyl (C=O) groups is 1. The van der Waals surface area contributed by atoms with Gasteiger partial charge < -0.3 is 9.88 Å². The largest absolute Gasteiger partial charge is 0.331 e. The number of halogens is 1. The minimum absolute atomic E-state index is 0.00245. The number of fused-ring (bicyclic) bond motifs is 1. The minimum atomic E-state index is 0.00245. The number of carbonyl (C=O) groups excluding carboxylic acids is 1. The Morgan fingerprint density at radius 1 is 1.36 bits per heavy atom. The average molecular weight is 333 g/mol. The lowest BCUT2D eigenvalue weighted by Crippen LogP contribution is -2.27. The summed E-state index contributed by atoms with van der Waals surface area (Å²) in [6, 6.07) is 11.3. The standard InChI is InChI=1S/C15H13ClN4OS/c1-20(11-5-3-2-4-6-11)13(21)9-22-15-18-12-7-10(16)8-17-14(12)19-15/h2-8H,9H2,1H3,(H,17,18,19). The van der Waals surface area contributed by atoms with E-state index in [0.717, 1.165) is 11.2 Å². The van der Waals surface area contributed by atoms with Gasteiger partial charge in [0, 0.05) is 18.9 Å². The van der Waals surface area contributed by atoms with Gasteiger partial charge in [-0.3, -0.25) is 4.79 Å². The van der Waals surface area contributed by atoms with Gasteiger partial charge in [0.2, 0.25) is 5.91 Å². The number of hydrogen-bond acceptors (Lipinski definition) is 4. The smallest absolute Gasteiger partial charge is 0.237 e. The summed E-state index contributed by atoms with van der Waals surface area (Å²) in [5.74, 6) is 0.293. The van der Waals surface area contributed by atoms with E-state index in [1.807, 2.05) is 30.3 Å². The van der Waals surface area contributed by atoms with Gasteiger partial charge in [-0.1, -0.05) is 41.6 Å². The van der Waals surface area contributed by atoms with Crippen LogP contribution < -0.4 is 4.90 Å². The van der Waals surface area contributed by atoms with Crippen molar-refractivity contribution in [1.29, 1.82) is 0 Å². The van der Waals surface area contributed by atoms with E-state index in [2.05, 4.69) is 15.0 Å². The first kappa shape index (κ1) is 14.9. The molecule has 112 valence electrons. The topological polar surface area (TPSA) is 61.9 Å². The first-order valence-electron chi connectivity index (χ1n) is 6.59. The highest BCUT2D eigenvalue weighted by atomic mass is 35.5. The van der Waals surface area contributed by atoms with Crippen LogP contribution in [-0.4, -0.2) is 33.7 Å². The van der Waals surface area contributed by atoms with E-state index in [-0.39, 0.29) is 5.91 Å². The number of hydrogen-bond donors (Lipinski definition) is 1. The molecule has 1 amide bonds. The van der Waals surface area contributed by atoms with E-state index in [1.165, 1.54) is 11.8 Å². The van der Waals surface area contributed by atoms with E-state index in [0.29, 0.717) is 21.6 Å². The highest BCUT2D eigenvalue weighted by molar-refractivity contribution is 7.99. The summed E-state index contributed by atoms with van der Waals surface area (Å²) in [6.07, 6.45) is 1.55. The number of amides is 1. The van der Waals surface area contributed by atoms with Gasteiger partial charge >= 0.3 is 0 Å². The van der Waals surface area contributed by atoms with Gasteiger partial charge in [0.1, 0.15) is 0 Å². The number of imidazole rings is 1. The monoisotopic (exact) mass is 332 g/mol. The Bertz CT molecular complexity index is 806. The molecule has 1 N–H and O–H groups in total. The zero-order chi connectivity index (χ0) is 15.5. The van der Waals surface area contributed by atoms with Crippen molar-refractivity contribution in [1.82, 2.24) is 15.0 Å². The van der Waals surface area contributed by atoms with Gasteiger partial charge in [0.05, 0.1) is 16.3 Å². The van der Waals surface area contributed by atoms with Crippen molar-refractivity contribution < 1.29 is 4.79 Å². The maximum atomic E-state index is 12.2. The number of nitrogens with zero attached hydrogens (tertiary/aromatic N) is 3. The summed E-state index contributed by atoms with van der Waals surface area (Å²) in [5, 5.41) is 1.20. The van der Waals surface area contributed by atoms with Gasteiger partial charge in [-0.25, -0.2) is 9.97 Å². The van der Waals surface area contributed by atoms with Crippen LogP contribution in [0.25, 0.3) is 11.2 Å². The lowest BCUT2D eigenvalue weighted by atomic mass is 10.3. The Hall–Kier alpha value is -2.05.